The SMILES string of the molecule is CCNC(=NCc1ccc(CS(=O)(=O)NC)cc1)NC1CC(C)(C)Oc2ccccc21. The van der Waals surface area contributed by atoms with E-state index >= 15 is 0 Å². The Morgan fingerprint density at radius 3 is 2.48 bits per heavy atom. The normalized spacial score (nSPS) is 18.1. The predicted molar refractivity (Wildman–Crippen MR) is 125 cm³/mol. The first kappa shape index (κ1) is 23.1. The molecule has 1 atom stereocenters. The third kappa shape index (κ3) is 6.45. The molecular weight excluding hydrogens is 412 g/mol. The maximum Gasteiger partial charge on any atom is 0.215 e. The predicted octanol–water partition coefficient (Wildman–Crippen LogP) is 3.09. The maximum atomic E-state index is 11.7. The molecule has 0 fully saturated rings. The zero-order valence-electron chi connectivity index (χ0n) is 18.6. The van der Waals surface area contributed by atoms with Gasteiger partial charge < -0.3 is 15.4 Å². The molecule has 0 bridgehead atoms. The molecule has 2 aromatic carbocycles. The molecule has 2 aromatic rings. The lowest BCUT2D eigenvalue weighted by atomic mass is 9.90. The van der Waals surface area contributed by atoms with Crippen molar-refractivity contribution in [2.45, 2.75) is 51.1 Å². The summed E-state index contributed by atoms with van der Waals surface area (Å²) < 4.78 is 31.9. The molecule has 0 amide bonds. The quantitative estimate of drug-likeness (QED) is 0.451. The number of para-hydroxylation sites is 1. The van der Waals surface area contributed by atoms with Gasteiger partial charge in [-0.3, -0.25) is 0 Å². The number of fused-ring (bicyclic) bond motifs is 1. The van der Waals surface area contributed by atoms with Gasteiger partial charge in [-0.2, -0.15) is 0 Å². The van der Waals surface area contributed by atoms with Gasteiger partial charge in [-0.05, 0) is 45.0 Å². The van der Waals surface area contributed by atoms with E-state index < -0.39 is 10.0 Å². The fourth-order valence-electron chi connectivity index (χ4n) is 3.62. The number of rotatable bonds is 7. The fraction of sp³-hybridized carbons (Fsp3) is 0.435. The van der Waals surface area contributed by atoms with Crippen molar-refractivity contribution in [3.05, 3.63) is 65.2 Å². The Hall–Kier alpha value is -2.58. The number of hydrogen-bond acceptors (Lipinski definition) is 4. The molecule has 0 saturated carbocycles. The van der Waals surface area contributed by atoms with Crippen molar-refractivity contribution < 1.29 is 13.2 Å². The number of guanidine groups is 1. The summed E-state index contributed by atoms with van der Waals surface area (Å²) >= 11 is 0. The second-order valence-corrected chi connectivity index (χ2v) is 10.2. The number of ether oxygens (including phenoxy) is 1. The highest BCUT2D eigenvalue weighted by Gasteiger charge is 2.33. The van der Waals surface area contributed by atoms with Gasteiger partial charge in [0.15, 0.2) is 5.96 Å². The Balaban J connectivity index is 1.72. The highest BCUT2D eigenvalue weighted by Crippen LogP contribution is 2.39. The zero-order chi connectivity index (χ0) is 22.5. The minimum Gasteiger partial charge on any atom is -0.487 e. The molecule has 31 heavy (non-hydrogen) atoms. The summed E-state index contributed by atoms with van der Waals surface area (Å²) in [4.78, 5) is 4.74. The molecule has 3 rings (SSSR count). The van der Waals surface area contributed by atoms with E-state index in [-0.39, 0.29) is 17.4 Å². The van der Waals surface area contributed by atoms with Gasteiger partial charge in [0.05, 0.1) is 18.3 Å². The van der Waals surface area contributed by atoms with Gasteiger partial charge in [-0.25, -0.2) is 18.1 Å². The molecule has 0 aliphatic carbocycles. The minimum absolute atomic E-state index is 0.0316. The van der Waals surface area contributed by atoms with E-state index in [4.69, 9.17) is 9.73 Å². The summed E-state index contributed by atoms with van der Waals surface area (Å²) in [5.41, 5.74) is 2.61. The molecule has 0 saturated heterocycles. The van der Waals surface area contributed by atoms with Crippen LogP contribution in [0.25, 0.3) is 0 Å². The molecule has 8 heteroatoms. The van der Waals surface area contributed by atoms with Crippen LogP contribution in [-0.2, 0) is 22.3 Å². The minimum atomic E-state index is -3.28. The van der Waals surface area contributed by atoms with Crippen molar-refractivity contribution in [1.29, 1.82) is 0 Å². The lowest BCUT2D eigenvalue weighted by molar-refractivity contribution is 0.0694. The fourth-order valence-corrected chi connectivity index (χ4v) is 4.39. The topological polar surface area (TPSA) is 91.8 Å². The third-order valence-electron chi connectivity index (χ3n) is 5.14. The van der Waals surface area contributed by atoms with Crippen LogP contribution in [0.5, 0.6) is 5.75 Å². The second-order valence-electron chi connectivity index (χ2n) is 8.28. The van der Waals surface area contributed by atoms with Crippen molar-refractivity contribution in [2.24, 2.45) is 4.99 Å². The van der Waals surface area contributed by atoms with Crippen molar-refractivity contribution in [3.63, 3.8) is 0 Å². The van der Waals surface area contributed by atoms with Crippen molar-refractivity contribution >= 4 is 16.0 Å². The van der Waals surface area contributed by atoms with E-state index in [0.29, 0.717) is 6.54 Å². The molecule has 1 heterocycles. The zero-order valence-corrected chi connectivity index (χ0v) is 19.4. The van der Waals surface area contributed by atoms with Gasteiger partial charge in [0.1, 0.15) is 11.4 Å². The molecule has 1 aliphatic heterocycles. The van der Waals surface area contributed by atoms with Crippen molar-refractivity contribution in [1.82, 2.24) is 15.4 Å². The smallest absolute Gasteiger partial charge is 0.215 e. The van der Waals surface area contributed by atoms with Gasteiger partial charge in [0, 0.05) is 18.5 Å². The molecule has 1 unspecified atom stereocenters. The van der Waals surface area contributed by atoms with E-state index in [9.17, 15) is 8.42 Å². The largest absolute Gasteiger partial charge is 0.487 e. The average Bonchev–Trinajstić information content (AvgIpc) is 2.72. The van der Waals surface area contributed by atoms with E-state index in [1.807, 2.05) is 49.4 Å². The summed E-state index contributed by atoms with van der Waals surface area (Å²) in [5.74, 6) is 1.61. The first-order valence-corrected chi connectivity index (χ1v) is 12.2. The summed E-state index contributed by atoms with van der Waals surface area (Å²) in [5, 5.41) is 6.88. The van der Waals surface area contributed by atoms with Gasteiger partial charge >= 0.3 is 0 Å². The standard InChI is InChI=1S/C23H32N4O3S/c1-5-25-22(26-15-17-10-12-18(13-11-17)16-31(28,29)24-4)27-20-14-23(2,3)30-21-9-7-6-8-19(20)21/h6-13,20,24H,5,14-16H2,1-4H3,(H2,25,26,27). The van der Waals surface area contributed by atoms with E-state index in [2.05, 4.69) is 35.3 Å². The molecular formula is C23H32N4O3S. The average molecular weight is 445 g/mol. The van der Waals surface area contributed by atoms with Crippen LogP contribution in [0.4, 0.5) is 0 Å². The van der Waals surface area contributed by atoms with Crippen LogP contribution in [0, 0.1) is 0 Å². The third-order valence-corrected chi connectivity index (χ3v) is 6.48. The van der Waals surface area contributed by atoms with Crippen LogP contribution in [0.1, 0.15) is 49.9 Å². The number of benzene rings is 2. The van der Waals surface area contributed by atoms with Crippen molar-refractivity contribution in [2.75, 3.05) is 13.6 Å². The monoisotopic (exact) mass is 444 g/mol. The number of aliphatic imine (C=N–C) groups is 1. The summed E-state index contributed by atoms with van der Waals surface area (Å²) in [7, 11) is -1.85. The van der Waals surface area contributed by atoms with Crippen LogP contribution in [0.15, 0.2) is 53.5 Å². The number of sulfonamides is 1. The highest BCUT2D eigenvalue weighted by molar-refractivity contribution is 7.88. The van der Waals surface area contributed by atoms with Gasteiger partial charge in [-0.15, -0.1) is 0 Å². The lowest BCUT2D eigenvalue weighted by Gasteiger charge is -2.38. The Morgan fingerprint density at radius 1 is 1.13 bits per heavy atom. The molecule has 0 aromatic heterocycles. The Kier molecular flexibility index (Phi) is 7.23. The molecule has 1 aliphatic rings. The van der Waals surface area contributed by atoms with Crippen molar-refractivity contribution in [3.8, 4) is 5.75 Å². The molecule has 168 valence electrons. The van der Waals surface area contributed by atoms with E-state index in [1.54, 1.807) is 0 Å². The lowest BCUT2D eigenvalue weighted by Crippen LogP contribution is -2.45. The number of nitrogens with one attached hydrogen (secondary N) is 3. The molecule has 0 spiro atoms. The van der Waals surface area contributed by atoms with Crippen LogP contribution in [0.2, 0.25) is 0 Å². The van der Waals surface area contributed by atoms with Crippen LogP contribution < -0.4 is 20.1 Å². The first-order valence-electron chi connectivity index (χ1n) is 10.5. The van der Waals surface area contributed by atoms with Gasteiger partial charge in [0.25, 0.3) is 0 Å². The van der Waals surface area contributed by atoms with Gasteiger partial charge in [-0.1, -0.05) is 42.5 Å². The van der Waals surface area contributed by atoms with Gasteiger partial charge in [0.2, 0.25) is 10.0 Å². The number of hydrogen-bond donors (Lipinski definition) is 3. The summed E-state index contributed by atoms with van der Waals surface area (Å²) in [6.07, 6.45) is 0.822. The molecule has 0 radical (unpaired) electrons. The second kappa shape index (κ2) is 9.70. The van der Waals surface area contributed by atoms with Crippen LogP contribution >= 0.6 is 0 Å². The van der Waals surface area contributed by atoms with Crippen LogP contribution in [0.3, 0.4) is 0 Å². The number of nitrogens with zero attached hydrogens (tertiary/aromatic N) is 1. The Bertz CT molecular complexity index is 1020. The van der Waals surface area contributed by atoms with E-state index in [1.165, 1.54) is 7.05 Å². The summed E-state index contributed by atoms with van der Waals surface area (Å²) in [6.45, 7) is 7.47. The summed E-state index contributed by atoms with van der Waals surface area (Å²) in [6, 6.07) is 15.7. The Labute approximate surface area is 185 Å². The highest BCUT2D eigenvalue weighted by atomic mass is 32.2. The van der Waals surface area contributed by atoms with Crippen LogP contribution in [-0.4, -0.2) is 33.6 Å². The maximum absolute atomic E-state index is 11.7. The first-order chi connectivity index (χ1) is 14.7. The van der Waals surface area contributed by atoms with E-state index in [0.717, 1.165) is 41.4 Å². The Morgan fingerprint density at radius 2 is 1.81 bits per heavy atom. The molecule has 7 nitrogen and oxygen atoms in total. The molecule has 3 N–H and O–H groups in total.